The number of halogens is 1. The number of rotatable bonds is 7. The Balaban J connectivity index is 2.41. The van der Waals surface area contributed by atoms with Crippen LogP contribution in [0, 0.1) is 5.92 Å². The highest BCUT2D eigenvalue weighted by molar-refractivity contribution is 6.17. The van der Waals surface area contributed by atoms with Crippen LogP contribution in [0.5, 0.6) is 0 Å². The van der Waals surface area contributed by atoms with E-state index in [1.165, 1.54) is 12.8 Å². The van der Waals surface area contributed by atoms with Crippen LogP contribution in [0.1, 0.15) is 39.2 Å². The summed E-state index contributed by atoms with van der Waals surface area (Å²) >= 11 is 6.17. The lowest BCUT2D eigenvalue weighted by atomic mass is 10.0. The van der Waals surface area contributed by atoms with E-state index in [9.17, 15) is 0 Å². The van der Waals surface area contributed by atoms with Gasteiger partial charge < -0.3 is 4.90 Å². The van der Waals surface area contributed by atoms with Gasteiger partial charge >= 0.3 is 0 Å². The van der Waals surface area contributed by atoms with E-state index in [0.29, 0.717) is 11.8 Å². The number of hydrogen-bond acceptors (Lipinski definition) is 2. The standard InChI is InChI=1S/C18H25ClN2/c1-4-14(5-2)13-21(6-3)18-16(12-19)11-15-9-7-8-10-17(15)20-18/h7-11,14H,4-6,12-13H2,1-3H3. The Morgan fingerprint density at radius 3 is 2.48 bits per heavy atom. The molecule has 0 atom stereocenters. The van der Waals surface area contributed by atoms with Crippen LogP contribution in [0.25, 0.3) is 10.9 Å². The molecule has 0 amide bonds. The van der Waals surface area contributed by atoms with Crippen LogP contribution in [-0.4, -0.2) is 18.1 Å². The fraction of sp³-hybridized carbons (Fsp3) is 0.500. The van der Waals surface area contributed by atoms with Crippen molar-refractivity contribution in [1.82, 2.24) is 4.98 Å². The molecular weight excluding hydrogens is 280 g/mol. The van der Waals surface area contributed by atoms with Crippen LogP contribution in [0.3, 0.4) is 0 Å². The summed E-state index contributed by atoms with van der Waals surface area (Å²) in [5.74, 6) is 2.27. The van der Waals surface area contributed by atoms with E-state index < -0.39 is 0 Å². The Labute approximate surface area is 133 Å². The van der Waals surface area contributed by atoms with Crippen molar-refractivity contribution in [3.05, 3.63) is 35.9 Å². The second-order valence-corrected chi connectivity index (χ2v) is 5.79. The van der Waals surface area contributed by atoms with Crippen molar-refractivity contribution in [1.29, 1.82) is 0 Å². The lowest BCUT2D eigenvalue weighted by Crippen LogP contribution is -2.30. The van der Waals surface area contributed by atoms with Gasteiger partial charge in [0.05, 0.1) is 11.4 Å². The van der Waals surface area contributed by atoms with Gasteiger partial charge in [-0.05, 0) is 25.0 Å². The first-order chi connectivity index (χ1) is 10.2. The molecule has 1 aromatic carbocycles. The molecule has 0 radical (unpaired) electrons. The summed E-state index contributed by atoms with van der Waals surface area (Å²) in [7, 11) is 0. The molecule has 1 aromatic heterocycles. The van der Waals surface area contributed by atoms with Gasteiger partial charge in [0, 0.05) is 24.0 Å². The van der Waals surface area contributed by atoms with Crippen LogP contribution >= 0.6 is 11.6 Å². The van der Waals surface area contributed by atoms with Crippen LogP contribution in [0.4, 0.5) is 5.82 Å². The fourth-order valence-corrected chi connectivity index (χ4v) is 2.94. The maximum absolute atomic E-state index is 6.17. The van der Waals surface area contributed by atoms with E-state index in [0.717, 1.165) is 35.4 Å². The first-order valence-corrected chi connectivity index (χ1v) is 8.46. The van der Waals surface area contributed by atoms with Crippen LogP contribution < -0.4 is 4.90 Å². The summed E-state index contributed by atoms with van der Waals surface area (Å²) in [6.45, 7) is 8.73. The molecule has 114 valence electrons. The third kappa shape index (κ3) is 3.68. The van der Waals surface area contributed by atoms with Gasteiger partial charge in [-0.3, -0.25) is 0 Å². The molecule has 0 aliphatic carbocycles. The second kappa shape index (κ2) is 7.65. The van der Waals surface area contributed by atoms with Gasteiger partial charge in [-0.1, -0.05) is 44.9 Å². The van der Waals surface area contributed by atoms with Gasteiger partial charge in [-0.2, -0.15) is 0 Å². The van der Waals surface area contributed by atoms with E-state index >= 15 is 0 Å². The molecule has 3 heteroatoms. The van der Waals surface area contributed by atoms with Gasteiger partial charge in [0.15, 0.2) is 0 Å². The zero-order chi connectivity index (χ0) is 15.2. The van der Waals surface area contributed by atoms with Crippen LogP contribution in [-0.2, 0) is 5.88 Å². The molecule has 0 spiro atoms. The second-order valence-electron chi connectivity index (χ2n) is 5.52. The van der Waals surface area contributed by atoms with E-state index in [-0.39, 0.29) is 0 Å². The highest BCUT2D eigenvalue weighted by Crippen LogP contribution is 2.26. The third-order valence-electron chi connectivity index (χ3n) is 4.24. The Bertz CT molecular complexity index is 578. The van der Waals surface area contributed by atoms with Gasteiger partial charge in [0.2, 0.25) is 0 Å². The summed E-state index contributed by atoms with van der Waals surface area (Å²) < 4.78 is 0. The first-order valence-electron chi connectivity index (χ1n) is 7.92. The number of nitrogens with zero attached hydrogens (tertiary/aromatic N) is 2. The number of hydrogen-bond donors (Lipinski definition) is 0. The molecule has 0 aliphatic heterocycles. The smallest absolute Gasteiger partial charge is 0.133 e. The minimum atomic E-state index is 0.507. The molecule has 0 aliphatic rings. The number of fused-ring (bicyclic) bond motifs is 1. The van der Waals surface area contributed by atoms with Crippen LogP contribution in [0.2, 0.25) is 0 Å². The van der Waals surface area contributed by atoms with Crippen molar-refractivity contribution in [2.75, 3.05) is 18.0 Å². The van der Waals surface area contributed by atoms with Crippen molar-refractivity contribution in [3.8, 4) is 0 Å². The average molecular weight is 305 g/mol. The van der Waals surface area contributed by atoms with E-state index in [2.05, 4.69) is 43.9 Å². The molecule has 2 rings (SSSR count). The van der Waals surface area contributed by atoms with Crippen LogP contribution in [0.15, 0.2) is 30.3 Å². The van der Waals surface area contributed by atoms with Gasteiger partial charge in [0.1, 0.15) is 5.82 Å². The molecule has 0 bridgehead atoms. The summed E-state index contributed by atoms with van der Waals surface area (Å²) in [6, 6.07) is 10.4. The number of anilines is 1. The highest BCUT2D eigenvalue weighted by Gasteiger charge is 2.16. The Morgan fingerprint density at radius 1 is 1.14 bits per heavy atom. The minimum Gasteiger partial charge on any atom is -0.356 e. The molecule has 0 unspecified atom stereocenters. The quantitative estimate of drug-likeness (QED) is 0.651. The SMILES string of the molecule is CCC(CC)CN(CC)c1nc2ccccc2cc1CCl. The minimum absolute atomic E-state index is 0.507. The summed E-state index contributed by atoms with van der Waals surface area (Å²) in [6.07, 6.45) is 2.41. The maximum Gasteiger partial charge on any atom is 0.133 e. The number of benzene rings is 1. The number of aromatic nitrogens is 1. The molecule has 2 aromatic rings. The molecule has 0 saturated heterocycles. The number of para-hydroxylation sites is 1. The maximum atomic E-state index is 6.17. The fourth-order valence-electron chi connectivity index (χ4n) is 2.75. The van der Waals surface area contributed by atoms with Crippen molar-refractivity contribution in [3.63, 3.8) is 0 Å². The lowest BCUT2D eigenvalue weighted by Gasteiger charge is -2.28. The lowest BCUT2D eigenvalue weighted by molar-refractivity contribution is 0.484. The molecule has 0 fully saturated rings. The monoisotopic (exact) mass is 304 g/mol. The van der Waals surface area contributed by atoms with Gasteiger partial charge in [-0.25, -0.2) is 4.98 Å². The normalized spacial score (nSPS) is 11.3. The predicted octanol–water partition coefficient (Wildman–Crippen LogP) is 5.24. The van der Waals surface area contributed by atoms with Crippen molar-refractivity contribution < 1.29 is 0 Å². The molecule has 2 nitrogen and oxygen atoms in total. The summed E-state index contributed by atoms with van der Waals surface area (Å²) in [5.41, 5.74) is 2.17. The topological polar surface area (TPSA) is 16.1 Å². The largest absolute Gasteiger partial charge is 0.356 e. The Morgan fingerprint density at radius 2 is 1.86 bits per heavy atom. The first kappa shape index (κ1) is 16.1. The summed E-state index contributed by atoms with van der Waals surface area (Å²) in [5, 5.41) is 1.16. The van der Waals surface area contributed by atoms with Gasteiger partial charge in [0.25, 0.3) is 0 Å². The van der Waals surface area contributed by atoms with Crippen molar-refractivity contribution >= 4 is 28.3 Å². The zero-order valence-electron chi connectivity index (χ0n) is 13.3. The molecule has 0 saturated carbocycles. The Hall–Kier alpha value is -1.28. The zero-order valence-corrected chi connectivity index (χ0v) is 14.0. The van der Waals surface area contributed by atoms with E-state index in [1.54, 1.807) is 0 Å². The van der Waals surface area contributed by atoms with E-state index in [4.69, 9.17) is 16.6 Å². The van der Waals surface area contributed by atoms with Crippen molar-refractivity contribution in [2.24, 2.45) is 5.92 Å². The van der Waals surface area contributed by atoms with Gasteiger partial charge in [-0.15, -0.1) is 11.6 Å². The van der Waals surface area contributed by atoms with Crippen molar-refractivity contribution in [2.45, 2.75) is 39.5 Å². The summed E-state index contributed by atoms with van der Waals surface area (Å²) in [4.78, 5) is 7.26. The number of alkyl halides is 1. The van der Waals surface area contributed by atoms with E-state index in [1.807, 2.05) is 12.1 Å². The third-order valence-corrected chi connectivity index (χ3v) is 4.53. The molecular formula is C18H25ClN2. The highest BCUT2D eigenvalue weighted by atomic mass is 35.5. The predicted molar refractivity (Wildman–Crippen MR) is 93.3 cm³/mol. The molecule has 0 N–H and O–H groups in total. The molecule has 21 heavy (non-hydrogen) atoms. The average Bonchev–Trinajstić information content (AvgIpc) is 2.55. The Kier molecular flexibility index (Phi) is 5.86. The number of pyridine rings is 1. The molecule has 1 heterocycles.